The molecule has 1 aromatic rings. The first-order chi connectivity index (χ1) is 11.4. The van der Waals surface area contributed by atoms with Gasteiger partial charge in [-0.25, -0.2) is 9.37 Å². The van der Waals surface area contributed by atoms with Crippen molar-refractivity contribution in [3.8, 4) is 0 Å². The van der Waals surface area contributed by atoms with Crippen LogP contribution in [0.2, 0.25) is 5.02 Å². The van der Waals surface area contributed by atoms with E-state index in [1.807, 2.05) is 0 Å². The fraction of sp³-hybridized carbons (Fsp3) is 0.538. The second kappa shape index (κ2) is 7.89. The van der Waals surface area contributed by atoms with Crippen LogP contribution >= 0.6 is 11.6 Å². The second-order valence-electron chi connectivity index (χ2n) is 5.04. The molecule has 0 fully saturated rings. The molecule has 25 heavy (non-hydrogen) atoms. The maximum atomic E-state index is 13.7. The summed E-state index contributed by atoms with van der Waals surface area (Å²) in [4.78, 5) is 24.4. The Labute approximate surface area is 143 Å². The van der Waals surface area contributed by atoms with Gasteiger partial charge in [0, 0.05) is 12.3 Å². The first-order valence-electron chi connectivity index (χ1n) is 6.96. The van der Waals surface area contributed by atoms with Crippen molar-refractivity contribution in [1.82, 2.24) is 4.98 Å². The van der Waals surface area contributed by atoms with Crippen LogP contribution in [0, 0.1) is 10.1 Å². The number of unbranched alkanes of at least 4 members (excludes halogenated alkanes) is 1. The fourth-order valence-corrected chi connectivity index (χ4v) is 1.91. The molecule has 0 radical (unpaired) electrons. The highest BCUT2D eigenvalue weighted by Crippen LogP contribution is 2.41. The lowest BCUT2D eigenvalue weighted by atomic mass is 10.0. The molecular formula is C13H13ClF5N3O3. The summed E-state index contributed by atoms with van der Waals surface area (Å²) in [7, 11) is 0. The van der Waals surface area contributed by atoms with Gasteiger partial charge in [-0.05, 0) is 6.42 Å². The molecule has 1 rings (SSSR count). The molecule has 1 aromatic heterocycles. The van der Waals surface area contributed by atoms with Gasteiger partial charge in [-0.15, -0.1) is 0 Å². The first kappa shape index (κ1) is 21.0. The van der Waals surface area contributed by atoms with E-state index in [9.17, 15) is 36.9 Å². The average Bonchev–Trinajstić information content (AvgIpc) is 2.53. The molecule has 1 atom stereocenters. The van der Waals surface area contributed by atoms with Crippen molar-refractivity contribution in [2.45, 2.75) is 44.2 Å². The molecule has 0 bridgehead atoms. The van der Waals surface area contributed by atoms with E-state index < -0.39 is 46.8 Å². The van der Waals surface area contributed by atoms with E-state index in [1.54, 1.807) is 6.92 Å². The van der Waals surface area contributed by atoms with Crippen molar-refractivity contribution in [2.75, 3.05) is 5.32 Å². The van der Waals surface area contributed by atoms with Gasteiger partial charge >= 0.3 is 23.4 Å². The Balaban J connectivity index is 3.08. The zero-order valence-corrected chi connectivity index (χ0v) is 13.5. The van der Waals surface area contributed by atoms with Crippen LogP contribution in [0.5, 0.6) is 0 Å². The van der Waals surface area contributed by atoms with Gasteiger partial charge in [0.05, 0.1) is 9.95 Å². The van der Waals surface area contributed by atoms with Crippen LogP contribution in [0.3, 0.4) is 0 Å². The van der Waals surface area contributed by atoms with Gasteiger partial charge in [0.25, 0.3) is 0 Å². The monoisotopic (exact) mass is 389 g/mol. The number of alkyl halides is 5. The molecule has 0 saturated carbocycles. The van der Waals surface area contributed by atoms with Gasteiger partial charge in [-0.2, -0.15) is 17.6 Å². The number of rotatable bonds is 8. The summed E-state index contributed by atoms with van der Waals surface area (Å²) in [5, 5.41) is 11.8. The van der Waals surface area contributed by atoms with Crippen LogP contribution in [0.1, 0.15) is 26.2 Å². The van der Waals surface area contributed by atoms with Crippen LogP contribution in [-0.2, 0) is 4.79 Å². The average molecular weight is 390 g/mol. The zero-order chi connectivity index (χ0) is 19.4. The molecular weight excluding hydrogens is 377 g/mol. The van der Waals surface area contributed by atoms with Gasteiger partial charge < -0.3 is 0 Å². The van der Waals surface area contributed by atoms with E-state index in [0.717, 1.165) is 6.20 Å². The SMILES string of the molecule is CCCCC(F)C(F)(F)C(F)(F)C(=O)Nc1ncc(Cl)cc1[N+](=O)[O-]. The van der Waals surface area contributed by atoms with E-state index in [0.29, 0.717) is 6.07 Å². The Kier molecular flexibility index (Phi) is 6.63. The predicted molar refractivity (Wildman–Crippen MR) is 78.8 cm³/mol. The Morgan fingerprint density at radius 1 is 1.44 bits per heavy atom. The van der Waals surface area contributed by atoms with E-state index in [4.69, 9.17) is 11.6 Å². The topological polar surface area (TPSA) is 85.1 Å². The zero-order valence-electron chi connectivity index (χ0n) is 12.7. The minimum Gasteiger partial charge on any atom is -0.299 e. The Bertz CT molecular complexity index is 660. The molecule has 0 aliphatic rings. The van der Waals surface area contributed by atoms with Crippen molar-refractivity contribution in [3.63, 3.8) is 0 Å². The molecule has 6 nitrogen and oxygen atoms in total. The number of pyridine rings is 1. The molecule has 0 aromatic carbocycles. The molecule has 0 saturated heterocycles. The summed E-state index contributed by atoms with van der Waals surface area (Å²) in [6.07, 6.45) is -3.15. The summed E-state index contributed by atoms with van der Waals surface area (Å²) in [6.45, 7) is 1.54. The second-order valence-corrected chi connectivity index (χ2v) is 5.48. The lowest BCUT2D eigenvalue weighted by molar-refractivity contribution is -0.384. The van der Waals surface area contributed by atoms with Crippen molar-refractivity contribution < 1.29 is 31.7 Å². The molecule has 1 unspecified atom stereocenters. The standard InChI is InChI=1S/C13H13ClF5N3O3/c1-2-3-4-9(15)12(16,17)13(18,19)11(23)21-10-8(22(24)25)5-7(14)6-20-10/h5-6,9H,2-4H2,1H3,(H,20,21,23). The maximum absolute atomic E-state index is 13.7. The highest BCUT2D eigenvalue weighted by atomic mass is 35.5. The maximum Gasteiger partial charge on any atom is 0.389 e. The van der Waals surface area contributed by atoms with E-state index >= 15 is 0 Å². The summed E-state index contributed by atoms with van der Waals surface area (Å²) >= 11 is 5.45. The number of nitrogens with zero attached hydrogens (tertiary/aromatic N) is 2. The molecule has 1 amide bonds. The number of aromatic nitrogens is 1. The number of amides is 1. The summed E-state index contributed by atoms with van der Waals surface area (Å²) in [5.74, 6) is -14.4. The Morgan fingerprint density at radius 3 is 2.56 bits per heavy atom. The van der Waals surface area contributed by atoms with Crippen LogP contribution in [0.4, 0.5) is 33.5 Å². The molecule has 1 heterocycles. The summed E-state index contributed by atoms with van der Waals surface area (Å²) < 4.78 is 68.2. The van der Waals surface area contributed by atoms with Crippen LogP contribution in [0.15, 0.2) is 12.3 Å². The smallest absolute Gasteiger partial charge is 0.299 e. The van der Waals surface area contributed by atoms with Gasteiger partial charge in [-0.1, -0.05) is 31.4 Å². The van der Waals surface area contributed by atoms with Crippen LogP contribution in [0.25, 0.3) is 0 Å². The van der Waals surface area contributed by atoms with Crippen molar-refractivity contribution in [3.05, 3.63) is 27.4 Å². The van der Waals surface area contributed by atoms with Gasteiger partial charge in [0.15, 0.2) is 6.17 Å². The minimum absolute atomic E-state index is 0.0847. The number of halogens is 6. The number of carbonyl (C=O) groups is 1. The quantitative estimate of drug-likeness (QED) is 0.406. The third-order valence-electron chi connectivity index (χ3n) is 3.17. The normalized spacial score (nSPS) is 13.4. The molecule has 0 spiro atoms. The number of hydrogen-bond donors (Lipinski definition) is 1. The lowest BCUT2D eigenvalue weighted by Gasteiger charge is -2.27. The first-order valence-corrected chi connectivity index (χ1v) is 7.34. The summed E-state index contributed by atoms with van der Waals surface area (Å²) in [6, 6.07) is 0.680. The number of nitro groups is 1. The molecule has 0 aliphatic carbocycles. The van der Waals surface area contributed by atoms with Crippen molar-refractivity contribution in [1.29, 1.82) is 0 Å². The largest absolute Gasteiger partial charge is 0.389 e. The van der Waals surface area contributed by atoms with Gasteiger partial charge in [-0.3, -0.25) is 20.2 Å². The third kappa shape index (κ3) is 4.53. The van der Waals surface area contributed by atoms with Crippen LogP contribution < -0.4 is 5.32 Å². The molecule has 12 heteroatoms. The molecule has 140 valence electrons. The van der Waals surface area contributed by atoms with E-state index in [1.165, 1.54) is 5.32 Å². The highest BCUT2D eigenvalue weighted by molar-refractivity contribution is 6.30. The Hall–Kier alpha value is -2.04. The van der Waals surface area contributed by atoms with Crippen LogP contribution in [-0.4, -0.2) is 33.8 Å². The number of anilines is 1. The fourth-order valence-electron chi connectivity index (χ4n) is 1.76. The van der Waals surface area contributed by atoms with E-state index in [2.05, 4.69) is 4.98 Å². The number of nitrogens with one attached hydrogen (secondary N) is 1. The lowest BCUT2D eigenvalue weighted by Crippen LogP contribution is -2.55. The molecule has 0 aliphatic heterocycles. The van der Waals surface area contributed by atoms with Crippen molar-refractivity contribution >= 4 is 29.0 Å². The number of carbonyl (C=O) groups excluding carboxylic acids is 1. The Morgan fingerprint density at radius 2 is 2.04 bits per heavy atom. The summed E-state index contributed by atoms with van der Waals surface area (Å²) in [5.41, 5.74) is -0.984. The number of hydrogen-bond acceptors (Lipinski definition) is 4. The van der Waals surface area contributed by atoms with E-state index in [-0.39, 0.29) is 17.9 Å². The molecule has 1 N–H and O–H groups in total. The van der Waals surface area contributed by atoms with Gasteiger partial charge in [0.1, 0.15) is 0 Å². The predicted octanol–water partition coefficient (Wildman–Crippen LogP) is 4.38. The van der Waals surface area contributed by atoms with Gasteiger partial charge in [0.2, 0.25) is 5.82 Å². The van der Waals surface area contributed by atoms with Crippen molar-refractivity contribution in [2.24, 2.45) is 0 Å². The highest BCUT2D eigenvalue weighted by Gasteiger charge is 2.66. The minimum atomic E-state index is -5.45. The third-order valence-corrected chi connectivity index (χ3v) is 3.38.